The highest BCUT2D eigenvalue weighted by Gasteiger charge is 2.23. The number of thioether (sulfide) groups is 1. The zero-order chi connectivity index (χ0) is 15.0. The van der Waals surface area contributed by atoms with Gasteiger partial charge in [-0.05, 0) is 43.2 Å². The molecule has 0 fully saturated rings. The van der Waals surface area contributed by atoms with E-state index in [2.05, 4.69) is 4.98 Å². The van der Waals surface area contributed by atoms with E-state index >= 15 is 0 Å². The van der Waals surface area contributed by atoms with E-state index in [4.69, 9.17) is 5.11 Å². The zero-order valence-corrected chi connectivity index (χ0v) is 12.2. The number of carboxylic acids is 2. The second-order valence-corrected chi connectivity index (χ2v) is 5.76. The lowest BCUT2D eigenvalue weighted by molar-refractivity contribution is -0.143. The molecule has 0 bridgehead atoms. The molecule has 2 N–H and O–H groups in total. The van der Waals surface area contributed by atoms with Crippen molar-refractivity contribution in [3.63, 3.8) is 0 Å². The van der Waals surface area contributed by atoms with Crippen LogP contribution < -0.4 is 0 Å². The standard InChI is InChI=1S/C14H19NO4S/c1-20-12(8-10-4-6-15-7-5-10)9-11(14(18)19)2-3-13(16)17/h4-7,11-12H,2-3,8-9H2,1H3,(H,16,17)(H,18,19). The molecular formula is C14H19NO4S. The number of carbonyl (C=O) groups is 2. The highest BCUT2D eigenvalue weighted by Crippen LogP contribution is 2.24. The molecule has 0 aromatic carbocycles. The van der Waals surface area contributed by atoms with Crippen LogP contribution in [0.1, 0.15) is 24.8 Å². The van der Waals surface area contributed by atoms with Gasteiger partial charge >= 0.3 is 11.9 Å². The lowest BCUT2D eigenvalue weighted by Crippen LogP contribution is -2.21. The van der Waals surface area contributed by atoms with E-state index in [0.717, 1.165) is 12.0 Å². The van der Waals surface area contributed by atoms with E-state index < -0.39 is 17.9 Å². The van der Waals surface area contributed by atoms with Gasteiger partial charge in [0.1, 0.15) is 0 Å². The largest absolute Gasteiger partial charge is 0.481 e. The van der Waals surface area contributed by atoms with Crippen LogP contribution in [0.3, 0.4) is 0 Å². The maximum absolute atomic E-state index is 11.2. The van der Waals surface area contributed by atoms with Crippen LogP contribution in [0, 0.1) is 5.92 Å². The Morgan fingerprint density at radius 1 is 1.30 bits per heavy atom. The fourth-order valence-corrected chi connectivity index (χ4v) is 2.79. The molecule has 1 aromatic rings. The summed E-state index contributed by atoms with van der Waals surface area (Å²) in [7, 11) is 0. The Bertz CT molecular complexity index is 438. The van der Waals surface area contributed by atoms with Crippen LogP contribution >= 0.6 is 11.8 Å². The van der Waals surface area contributed by atoms with Crippen molar-refractivity contribution >= 4 is 23.7 Å². The molecule has 0 aliphatic heterocycles. The maximum atomic E-state index is 11.2. The summed E-state index contributed by atoms with van der Waals surface area (Å²) in [4.78, 5) is 25.7. The van der Waals surface area contributed by atoms with Gasteiger partial charge in [0.15, 0.2) is 0 Å². The van der Waals surface area contributed by atoms with Crippen molar-refractivity contribution in [1.29, 1.82) is 0 Å². The van der Waals surface area contributed by atoms with Crippen LogP contribution in [-0.4, -0.2) is 38.6 Å². The van der Waals surface area contributed by atoms with Gasteiger partial charge in [-0.1, -0.05) is 0 Å². The minimum atomic E-state index is -0.953. The van der Waals surface area contributed by atoms with Crippen molar-refractivity contribution in [3.8, 4) is 0 Å². The fraction of sp³-hybridized carbons (Fsp3) is 0.500. The Balaban J connectivity index is 2.59. The number of nitrogens with zero attached hydrogens (tertiary/aromatic N) is 1. The molecule has 2 unspecified atom stereocenters. The van der Waals surface area contributed by atoms with Crippen molar-refractivity contribution in [2.45, 2.75) is 30.9 Å². The van der Waals surface area contributed by atoms with Crippen LogP contribution in [0.25, 0.3) is 0 Å². The summed E-state index contributed by atoms with van der Waals surface area (Å²) in [5.74, 6) is -2.48. The van der Waals surface area contributed by atoms with Crippen LogP contribution in [0.2, 0.25) is 0 Å². The number of aliphatic carboxylic acids is 2. The van der Waals surface area contributed by atoms with E-state index in [1.165, 1.54) is 0 Å². The average Bonchev–Trinajstić information content (AvgIpc) is 2.42. The van der Waals surface area contributed by atoms with E-state index in [-0.39, 0.29) is 18.1 Å². The molecule has 6 heteroatoms. The van der Waals surface area contributed by atoms with E-state index in [0.29, 0.717) is 6.42 Å². The number of pyridine rings is 1. The number of aromatic nitrogens is 1. The Hall–Kier alpha value is -1.56. The van der Waals surface area contributed by atoms with Gasteiger partial charge in [-0.15, -0.1) is 0 Å². The third-order valence-electron chi connectivity index (χ3n) is 3.15. The van der Waals surface area contributed by atoms with Crippen molar-refractivity contribution in [1.82, 2.24) is 4.98 Å². The van der Waals surface area contributed by atoms with Crippen LogP contribution in [0.5, 0.6) is 0 Å². The third-order valence-corrected chi connectivity index (χ3v) is 4.18. The highest BCUT2D eigenvalue weighted by atomic mass is 32.2. The first-order valence-electron chi connectivity index (χ1n) is 6.39. The SMILES string of the molecule is CSC(Cc1ccncc1)CC(CCC(=O)O)C(=O)O. The van der Waals surface area contributed by atoms with Crippen molar-refractivity contribution in [2.75, 3.05) is 6.26 Å². The first kappa shape index (κ1) is 16.5. The van der Waals surface area contributed by atoms with Crippen molar-refractivity contribution in [3.05, 3.63) is 30.1 Å². The number of carboxylic acid groups (broad SMARTS) is 2. The normalized spacial score (nSPS) is 13.7. The summed E-state index contributed by atoms with van der Waals surface area (Å²) in [6, 6.07) is 3.83. The van der Waals surface area contributed by atoms with Gasteiger partial charge in [0.2, 0.25) is 0 Å². The van der Waals surface area contributed by atoms with Gasteiger partial charge in [-0.25, -0.2) is 0 Å². The summed E-state index contributed by atoms with van der Waals surface area (Å²) in [5.41, 5.74) is 1.11. The van der Waals surface area contributed by atoms with Gasteiger partial charge < -0.3 is 10.2 Å². The second kappa shape index (κ2) is 8.58. The van der Waals surface area contributed by atoms with Crippen LogP contribution in [-0.2, 0) is 16.0 Å². The Labute approximate surface area is 122 Å². The molecule has 110 valence electrons. The lowest BCUT2D eigenvalue weighted by atomic mass is 9.95. The van der Waals surface area contributed by atoms with E-state index in [1.54, 1.807) is 24.2 Å². The molecule has 1 aromatic heterocycles. The molecule has 0 aliphatic rings. The fourth-order valence-electron chi connectivity index (χ4n) is 2.00. The van der Waals surface area contributed by atoms with Gasteiger partial charge in [0.25, 0.3) is 0 Å². The summed E-state index contributed by atoms with van der Waals surface area (Å²) in [5, 5.41) is 18.0. The average molecular weight is 297 g/mol. The predicted molar refractivity (Wildman–Crippen MR) is 77.9 cm³/mol. The maximum Gasteiger partial charge on any atom is 0.306 e. The Morgan fingerprint density at radius 3 is 2.45 bits per heavy atom. The zero-order valence-electron chi connectivity index (χ0n) is 11.4. The molecule has 20 heavy (non-hydrogen) atoms. The molecule has 0 spiro atoms. The van der Waals surface area contributed by atoms with Gasteiger partial charge in [-0.2, -0.15) is 11.8 Å². The molecule has 0 amide bonds. The Morgan fingerprint density at radius 2 is 1.95 bits per heavy atom. The van der Waals surface area contributed by atoms with Crippen LogP contribution in [0.4, 0.5) is 0 Å². The van der Waals surface area contributed by atoms with Gasteiger partial charge in [-0.3, -0.25) is 14.6 Å². The number of hydrogen-bond donors (Lipinski definition) is 2. The molecule has 5 nitrogen and oxygen atoms in total. The summed E-state index contributed by atoms with van der Waals surface area (Å²) < 4.78 is 0. The smallest absolute Gasteiger partial charge is 0.306 e. The molecular weight excluding hydrogens is 278 g/mol. The Kier molecular flexibility index (Phi) is 7.08. The topological polar surface area (TPSA) is 87.5 Å². The summed E-state index contributed by atoms with van der Waals surface area (Å²) >= 11 is 1.61. The monoisotopic (exact) mass is 297 g/mol. The molecule has 1 heterocycles. The van der Waals surface area contributed by atoms with Gasteiger partial charge in [0.05, 0.1) is 5.92 Å². The molecule has 2 atom stereocenters. The molecule has 1 rings (SSSR count). The minimum Gasteiger partial charge on any atom is -0.481 e. The predicted octanol–water partition coefficient (Wildman–Crippen LogP) is 2.31. The van der Waals surface area contributed by atoms with Crippen molar-refractivity contribution < 1.29 is 19.8 Å². The van der Waals surface area contributed by atoms with Crippen molar-refractivity contribution in [2.24, 2.45) is 5.92 Å². The molecule has 0 radical (unpaired) electrons. The first-order valence-corrected chi connectivity index (χ1v) is 7.68. The number of hydrogen-bond acceptors (Lipinski definition) is 4. The lowest BCUT2D eigenvalue weighted by Gasteiger charge is -2.19. The third kappa shape index (κ3) is 6.06. The van der Waals surface area contributed by atoms with E-state index in [1.807, 2.05) is 18.4 Å². The van der Waals surface area contributed by atoms with Gasteiger partial charge in [0, 0.05) is 24.1 Å². The second-order valence-electron chi connectivity index (χ2n) is 4.62. The molecule has 0 saturated carbocycles. The molecule has 0 aliphatic carbocycles. The summed E-state index contributed by atoms with van der Waals surface area (Å²) in [6.45, 7) is 0. The van der Waals surface area contributed by atoms with E-state index in [9.17, 15) is 14.7 Å². The number of rotatable bonds is 9. The first-order chi connectivity index (χ1) is 9.52. The molecule has 0 saturated heterocycles. The summed E-state index contributed by atoms with van der Waals surface area (Å²) in [6.07, 6.45) is 6.69. The minimum absolute atomic E-state index is 0.104. The van der Waals surface area contributed by atoms with Crippen LogP contribution in [0.15, 0.2) is 24.5 Å². The quantitative estimate of drug-likeness (QED) is 0.727. The highest BCUT2D eigenvalue weighted by molar-refractivity contribution is 7.99.